The average molecular weight is 298 g/mol. The van der Waals surface area contributed by atoms with Gasteiger partial charge in [0.1, 0.15) is 10.5 Å². The van der Waals surface area contributed by atoms with Gasteiger partial charge in [-0.15, -0.1) is 10.2 Å². The molecule has 0 fully saturated rings. The van der Waals surface area contributed by atoms with Crippen molar-refractivity contribution in [3.05, 3.63) is 5.01 Å². The van der Waals surface area contributed by atoms with E-state index in [0.717, 1.165) is 9.35 Å². The molecule has 0 spiro atoms. The Hall–Kier alpha value is -1.13. The zero-order chi connectivity index (χ0) is 14.6. The molecule has 2 unspecified atom stereocenters. The first-order valence-electron chi connectivity index (χ1n) is 5.98. The molecule has 1 heterocycles. The summed E-state index contributed by atoms with van der Waals surface area (Å²) in [6, 6.07) is 2.17. The van der Waals surface area contributed by atoms with Gasteiger partial charge in [-0.3, -0.25) is 4.79 Å². The highest BCUT2D eigenvalue weighted by atomic mass is 32.2. The van der Waals surface area contributed by atoms with Gasteiger partial charge >= 0.3 is 0 Å². The summed E-state index contributed by atoms with van der Waals surface area (Å²) < 4.78 is 0.767. The van der Waals surface area contributed by atoms with Crippen LogP contribution in [0.25, 0.3) is 0 Å². The number of thioether (sulfide) groups is 1. The van der Waals surface area contributed by atoms with Gasteiger partial charge in [-0.05, 0) is 26.7 Å². The summed E-state index contributed by atoms with van der Waals surface area (Å²) in [6.07, 6.45) is 0. The molecule has 5 nitrogen and oxygen atoms in total. The fourth-order valence-electron chi connectivity index (χ4n) is 1.19. The van der Waals surface area contributed by atoms with Crippen molar-refractivity contribution in [1.29, 1.82) is 5.26 Å². The molecule has 19 heavy (non-hydrogen) atoms. The Morgan fingerprint density at radius 2 is 2.11 bits per heavy atom. The largest absolute Gasteiger partial charge is 0.337 e. The highest BCUT2D eigenvalue weighted by molar-refractivity contribution is 8.02. The van der Waals surface area contributed by atoms with Gasteiger partial charge in [-0.1, -0.05) is 36.9 Å². The van der Waals surface area contributed by atoms with E-state index in [4.69, 9.17) is 0 Å². The van der Waals surface area contributed by atoms with Gasteiger partial charge in [-0.25, -0.2) is 0 Å². The molecule has 0 aliphatic rings. The lowest BCUT2D eigenvalue weighted by molar-refractivity contribution is -0.121. The molecule has 1 N–H and O–H groups in total. The molecule has 0 aliphatic heterocycles. The third-order valence-electron chi connectivity index (χ3n) is 2.92. The second kappa shape index (κ2) is 6.35. The summed E-state index contributed by atoms with van der Waals surface area (Å²) in [6.45, 7) is 9.24. The number of nitrogens with one attached hydrogen (secondary N) is 1. The first kappa shape index (κ1) is 15.9. The number of carbonyl (C=O) groups excluding carboxylic acids is 1. The molecule has 0 aromatic carbocycles. The van der Waals surface area contributed by atoms with Crippen LogP contribution in [0, 0.1) is 24.2 Å². The molecular formula is C12H18N4OS2. The van der Waals surface area contributed by atoms with E-state index in [-0.39, 0.29) is 17.1 Å². The van der Waals surface area contributed by atoms with Crippen LogP contribution in [-0.4, -0.2) is 26.9 Å². The Kier molecular flexibility index (Phi) is 5.32. The van der Waals surface area contributed by atoms with Crippen LogP contribution in [0.1, 0.15) is 32.7 Å². The molecular weight excluding hydrogens is 280 g/mol. The van der Waals surface area contributed by atoms with Crippen molar-refractivity contribution in [2.24, 2.45) is 5.92 Å². The molecule has 2 atom stereocenters. The summed E-state index contributed by atoms with van der Waals surface area (Å²) >= 11 is 2.82. The van der Waals surface area contributed by atoms with Crippen LogP contribution in [0.2, 0.25) is 0 Å². The van der Waals surface area contributed by atoms with E-state index in [0.29, 0.717) is 0 Å². The van der Waals surface area contributed by atoms with Gasteiger partial charge in [0.15, 0.2) is 4.34 Å². The number of aromatic nitrogens is 2. The lowest BCUT2D eigenvalue weighted by Crippen LogP contribution is -2.51. The van der Waals surface area contributed by atoms with Crippen molar-refractivity contribution in [2.45, 2.75) is 49.7 Å². The normalized spacial score (nSPS) is 15.6. The predicted octanol–water partition coefficient (Wildman–Crippen LogP) is 2.38. The standard InChI is InChI=1S/C12H18N4OS2/c1-7(2)12(5,6-13)14-10(17)8(3)18-11-16-15-9(4)19-11/h7-8H,1-5H3,(H,14,17). The van der Waals surface area contributed by atoms with E-state index in [9.17, 15) is 10.1 Å². The van der Waals surface area contributed by atoms with Crippen molar-refractivity contribution in [1.82, 2.24) is 15.5 Å². The monoisotopic (exact) mass is 298 g/mol. The first-order valence-corrected chi connectivity index (χ1v) is 7.68. The number of hydrogen-bond donors (Lipinski definition) is 1. The van der Waals surface area contributed by atoms with Crippen LogP contribution in [0.3, 0.4) is 0 Å². The zero-order valence-corrected chi connectivity index (χ0v) is 13.4. The molecule has 0 saturated heterocycles. The number of rotatable bonds is 5. The Morgan fingerprint density at radius 3 is 2.53 bits per heavy atom. The van der Waals surface area contributed by atoms with E-state index >= 15 is 0 Å². The topological polar surface area (TPSA) is 78.7 Å². The fraction of sp³-hybridized carbons (Fsp3) is 0.667. The van der Waals surface area contributed by atoms with Crippen molar-refractivity contribution in [3.63, 3.8) is 0 Å². The molecule has 1 rings (SSSR count). The number of carbonyl (C=O) groups is 1. The van der Waals surface area contributed by atoms with E-state index < -0.39 is 5.54 Å². The number of nitriles is 1. The lowest BCUT2D eigenvalue weighted by Gasteiger charge is -2.28. The maximum Gasteiger partial charge on any atom is 0.234 e. The van der Waals surface area contributed by atoms with E-state index in [1.165, 1.54) is 23.1 Å². The third kappa shape index (κ3) is 4.18. The minimum atomic E-state index is -0.844. The molecule has 0 aliphatic carbocycles. The Morgan fingerprint density at radius 1 is 1.47 bits per heavy atom. The van der Waals surface area contributed by atoms with Gasteiger partial charge < -0.3 is 5.32 Å². The average Bonchev–Trinajstić information content (AvgIpc) is 2.74. The summed E-state index contributed by atoms with van der Waals surface area (Å²) in [5, 5.41) is 20.4. The fourth-order valence-corrected chi connectivity index (χ4v) is 3.15. The summed E-state index contributed by atoms with van der Waals surface area (Å²) in [4.78, 5) is 12.1. The maximum atomic E-state index is 12.1. The summed E-state index contributed by atoms with van der Waals surface area (Å²) in [5.41, 5.74) is -0.844. The molecule has 104 valence electrons. The molecule has 1 aromatic heterocycles. The SMILES string of the molecule is Cc1nnc(SC(C)C(=O)NC(C)(C#N)C(C)C)s1. The van der Waals surface area contributed by atoms with Crippen molar-refractivity contribution in [3.8, 4) is 6.07 Å². The van der Waals surface area contributed by atoms with Crippen LogP contribution in [0.4, 0.5) is 0 Å². The van der Waals surface area contributed by atoms with Gasteiger partial charge in [0.2, 0.25) is 5.91 Å². The van der Waals surface area contributed by atoms with Crippen molar-refractivity contribution >= 4 is 29.0 Å². The van der Waals surface area contributed by atoms with Crippen molar-refractivity contribution < 1.29 is 4.79 Å². The molecule has 0 saturated carbocycles. The number of amides is 1. The molecule has 1 amide bonds. The second-order valence-corrected chi connectivity index (χ2v) is 7.57. The smallest absolute Gasteiger partial charge is 0.234 e. The van der Waals surface area contributed by atoms with Crippen LogP contribution in [-0.2, 0) is 4.79 Å². The molecule has 0 bridgehead atoms. The minimum Gasteiger partial charge on any atom is -0.337 e. The Bertz CT molecular complexity index is 494. The lowest BCUT2D eigenvalue weighted by atomic mass is 9.90. The van der Waals surface area contributed by atoms with Gasteiger partial charge in [0.05, 0.1) is 11.3 Å². The van der Waals surface area contributed by atoms with Crippen LogP contribution >= 0.6 is 23.1 Å². The van der Waals surface area contributed by atoms with Crippen LogP contribution in [0.5, 0.6) is 0 Å². The predicted molar refractivity (Wildman–Crippen MR) is 77.0 cm³/mol. The quantitative estimate of drug-likeness (QED) is 0.844. The van der Waals surface area contributed by atoms with Crippen LogP contribution < -0.4 is 5.32 Å². The minimum absolute atomic E-state index is 0.0439. The highest BCUT2D eigenvalue weighted by Gasteiger charge is 2.32. The first-order chi connectivity index (χ1) is 8.78. The van der Waals surface area contributed by atoms with Crippen LogP contribution in [0.15, 0.2) is 4.34 Å². The zero-order valence-electron chi connectivity index (χ0n) is 11.7. The third-order valence-corrected chi connectivity index (χ3v) is 4.95. The molecule has 7 heteroatoms. The second-order valence-electron chi connectivity index (χ2n) is 4.81. The Labute approximate surface area is 121 Å². The Balaban J connectivity index is 2.65. The molecule has 0 radical (unpaired) electrons. The summed E-state index contributed by atoms with van der Waals surface area (Å²) in [7, 11) is 0. The van der Waals surface area contributed by atoms with E-state index in [2.05, 4.69) is 21.6 Å². The van der Waals surface area contributed by atoms with Gasteiger partial charge in [-0.2, -0.15) is 5.26 Å². The maximum absolute atomic E-state index is 12.1. The molecule has 1 aromatic rings. The number of nitrogens with zero attached hydrogens (tertiary/aromatic N) is 3. The van der Waals surface area contributed by atoms with E-state index in [1.807, 2.05) is 20.8 Å². The van der Waals surface area contributed by atoms with Crippen molar-refractivity contribution in [2.75, 3.05) is 0 Å². The number of hydrogen-bond acceptors (Lipinski definition) is 6. The van der Waals surface area contributed by atoms with Gasteiger partial charge in [0, 0.05) is 0 Å². The summed E-state index contributed by atoms with van der Waals surface area (Å²) in [5.74, 6) is -0.113. The number of aryl methyl sites for hydroxylation is 1. The van der Waals surface area contributed by atoms with Gasteiger partial charge in [0.25, 0.3) is 0 Å². The van der Waals surface area contributed by atoms with E-state index in [1.54, 1.807) is 13.8 Å². The highest BCUT2D eigenvalue weighted by Crippen LogP contribution is 2.27.